The quantitative estimate of drug-likeness (QED) is 0.101. The molecule has 2 saturated carbocycles. The van der Waals surface area contributed by atoms with Crippen molar-refractivity contribution in [3.63, 3.8) is 0 Å². The van der Waals surface area contributed by atoms with Gasteiger partial charge >= 0.3 is 12.2 Å². The maximum absolute atomic E-state index is 14.0. The molecule has 4 N–H and O–H groups in total. The number of likely N-dealkylation sites (tertiary alicyclic amines) is 2. The van der Waals surface area contributed by atoms with E-state index < -0.39 is 36.1 Å². The van der Waals surface area contributed by atoms with Crippen LogP contribution < -0.4 is 25.7 Å². The minimum atomic E-state index is -0.782. The van der Waals surface area contributed by atoms with Gasteiger partial charge < -0.3 is 49.3 Å². The fourth-order valence-electron chi connectivity index (χ4n) is 10.8. The van der Waals surface area contributed by atoms with Crippen molar-refractivity contribution in [1.82, 2.24) is 40.4 Å². The SMILES string of the molecule is COC(=O)N[C@H](C(=O)N1CCC[C@H]1c1ncc(-c2ccc(-c3ccc(-c4ccc5nc([C@@H]6CC7CC7N6C(=O)[C@H](NC(=O)OC)C(C)C)[nH]c(=O)c5c4)c4c3OC3(CCCC3)O4)cc2)[nH]1)C(C)C. The zero-order valence-corrected chi connectivity index (χ0v) is 39.2. The van der Waals surface area contributed by atoms with Crippen molar-refractivity contribution in [1.29, 1.82) is 0 Å². The summed E-state index contributed by atoms with van der Waals surface area (Å²) in [5, 5.41) is 5.82. The predicted octanol–water partition coefficient (Wildman–Crippen LogP) is 7.78. The average molecular weight is 927 g/mol. The molecule has 4 amide bonds. The van der Waals surface area contributed by atoms with Crippen molar-refractivity contribution in [3.05, 3.63) is 82.8 Å². The lowest BCUT2D eigenvalue weighted by atomic mass is 9.96. The van der Waals surface area contributed by atoms with Gasteiger partial charge in [-0.05, 0) is 97.2 Å². The first-order valence-corrected chi connectivity index (χ1v) is 23.8. The number of alkyl carbamates (subject to hydrolysis) is 2. The number of imidazole rings is 1. The van der Waals surface area contributed by atoms with Crippen molar-refractivity contribution in [2.24, 2.45) is 17.8 Å². The highest BCUT2D eigenvalue weighted by atomic mass is 16.7. The number of methoxy groups -OCH3 is 2. The number of aromatic nitrogens is 4. The van der Waals surface area contributed by atoms with E-state index >= 15 is 0 Å². The number of nitrogens with zero attached hydrogens (tertiary/aromatic N) is 4. The number of rotatable bonds is 11. The van der Waals surface area contributed by atoms with Crippen molar-refractivity contribution in [2.45, 2.75) is 115 Å². The van der Waals surface area contributed by atoms with Gasteiger partial charge in [0.05, 0.1) is 49.1 Å². The van der Waals surface area contributed by atoms with E-state index in [4.69, 9.17) is 28.9 Å². The first-order valence-electron chi connectivity index (χ1n) is 23.8. The molecule has 2 aliphatic carbocycles. The number of fused-ring (bicyclic) bond motifs is 3. The molecule has 2 aromatic heterocycles. The molecule has 0 radical (unpaired) electrons. The van der Waals surface area contributed by atoms with Crippen LogP contribution in [0.3, 0.4) is 0 Å². The highest BCUT2D eigenvalue weighted by molar-refractivity contribution is 5.90. The van der Waals surface area contributed by atoms with Crippen molar-refractivity contribution in [3.8, 4) is 45.0 Å². The topological polar surface area (TPSA) is 210 Å². The van der Waals surface area contributed by atoms with Gasteiger partial charge in [0, 0.05) is 36.6 Å². The lowest BCUT2D eigenvalue weighted by molar-refractivity contribution is -0.137. The van der Waals surface area contributed by atoms with Gasteiger partial charge in [0.2, 0.25) is 11.8 Å². The molecule has 17 nitrogen and oxygen atoms in total. The molecule has 5 aromatic rings. The fraction of sp³-hybridized carbons (Fsp3) is 0.471. The third-order valence-corrected chi connectivity index (χ3v) is 14.5. The summed E-state index contributed by atoms with van der Waals surface area (Å²) in [4.78, 5) is 85.7. The Labute approximate surface area is 393 Å². The van der Waals surface area contributed by atoms with E-state index in [0.717, 1.165) is 78.5 Å². The molecule has 17 heteroatoms. The highest BCUT2D eigenvalue weighted by Crippen LogP contribution is 2.56. The van der Waals surface area contributed by atoms with Crippen LogP contribution in [0.25, 0.3) is 44.4 Å². The van der Waals surface area contributed by atoms with E-state index in [0.29, 0.717) is 52.9 Å². The standard InChI is InChI=1S/C51H58N8O9/c1-26(2)40(55-49(63)65-5)47(61)58-21-9-10-37(58)44-52-25-36(54-44)29-13-11-28(12-14-29)32-16-17-33(43-42(32)67-51(68-43)19-7-8-20-51)30-15-18-35-34(22-30)46(60)57-45(53-35)39-24-31-23-38(31)59(39)48(62)41(27(3)4)56-50(64)66-6/h11-18,22,25-27,31,37-41H,7-10,19-21,23-24H2,1-6H3,(H,52,54)(H,55,63)(H,56,64)(H,53,57,60)/t31?,37-,38?,39-,40-,41+/m0/s1. The second kappa shape index (κ2) is 17.6. The van der Waals surface area contributed by atoms with E-state index in [-0.39, 0.29) is 41.3 Å². The second-order valence-electron chi connectivity index (χ2n) is 19.5. The summed E-state index contributed by atoms with van der Waals surface area (Å²) in [6.07, 6.45) is 7.10. The molecule has 3 aliphatic heterocycles. The van der Waals surface area contributed by atoms with Gasteiger partial charge in [-0.2, -0.15) is 0 Å². The Morgan fingerprint density at radius 1 is 0.750 bits per heavy atom. The van der Waals surface area contributed by atoms with E-state index in [1.165, 1.54) is 14.2 Å². The molecular formula is C51H58N8O9. The number of hydrogen-bond acceptors (Lipinski definition) is 11. The normalized spacial score (nSPS) is 21.9. The van der Waals surface area contributed by atoms with Crippen LogP contribution in [0.1, 0.15) is 103 Å². The zero-order chi connectivity index (χ0) is 47.6. The Balaban J connectivity index is 0.910. The lowest BCUT2D eigenvalue weighted by Crippen LogP contribution is -2.52. The van der Waals surface area contributed by atoms with Gasteiger partial charge in [0.25, 0.3) is 11.3 Å². The third-order valence-electron chi connectivity index (χ3n) is 14.5. The number of ether oxygens (including phenoxy) is 4. The molecule has 3 aromatic carbocycles. The van der Waals surface area contributed by atoms with Crippen molar-refractivity contribution in [2.75, 3.05) is 20.8 Å². The van der Waals surface area contributed by atoms with E-state index in [9.17, 15) is 24.0 Å². The van der Waals surface area contributed by atoms with Gasteiger partial charge in [-0.3, -0.25) is 14.4 Å². The Morgan fingerprint density at radius 3 is 2.01 bits per heavy atom. The minimum Gasteiger partial charge on any atom is -0.453 e. The summed E-state index contributed by atoms with van der Waals surface area (Å²) < 4.78 is 23.2. The summed E-state index contributed by atoms with van der Waals surface area (Å²) in [6, 6.07) is 15.7. The number of nitrogens with one attached hydrogen (secondary N) is 4. The number of hydrogen-bond donors (Lipinski definition) is 4. The van der Waals surface area contributed by atoms with Crippen LogP contribution in [0.4, 0.5) is 9.59 Å². The Bertz CT molecular complexity index is 2850. The second-order valence-corrected chi connectivity index (χ2v) is 19.5. The summed E-state index contributed by atoms with van der Waals surface area (Å²) in [6.45, 7) is 8.11. The molecule has 68 heavy (non-hydrogen) atoms. The summed E-state index contributed by atoms with van der Waals surface area (Å²) in [5.41, 5.74) is 5.33. The summed E-state index contributed by atoms with van der Waals surface area (Å²) in [7, 11) is 2.56. The maximum atomic E-state index is 14.0. The molecule has 356 valence electrons. The van der Waals surface area contributed by atoms with Crippen molar-refractivity contribution >= 4 is 34.9 Å². The number of aromatic amines is 2. The predicted molar refractivity (Wildman–Crippen MR) is 251 cm³/mol. The number of amides is 4. The lowest BCUT2D eigenvalue weighted by Gasteiger charge is -2.32. The van der Waals surface area contributed by atoms with Crippen LogP contribution in [-0.2, 0) is 19.1 Å². The van der Waals surface area contributed by atoms with Crippen LogP contribution in [-0.4, -0.2) is 98.4 Å². The van der Waals surface area contributed by atoms with Crippen LogP contribution >= 0.6 is 0 Å². The molecule has 2 unspecified atom stereocenters. The number of benzene rings is 3. The molecule has 0 bridgehead atoms. The molecule has 5 aliphatic rings. The van der Waals surface area contributed by atoms with Crippen LogP contribution in [0, 0.1) is 17.8 Å². The first kappa shape index (κ1) is 44.9. The average Bonchev–Trinajstić information content (AvgIpc) is 3.99. The molecule has 6 atom stereocenters. The smallest absolute Gasteiger partial charge is 0.407 e. The molecule has 10 rings (SSSR count). The van der Waals surface area contributed by atoms with E-state index in [1.54, 1.807) is 16.0 Å². The monoisotopic (exact) mass is 926 g/mol. The molecular weight excluding hydrogens is 869 g/mol. The Kier molecular flexibility index (Phi) is 11.6. The first-order chi connectivity index (χ1) is 32.8. The van der Waals surface area contributed by atoms with Gasteiger partial charge in [-0.15, -0.1) is 0 Å². The number of H-pyrrole nitrogens is 2. The number of carbonyl (C=O) groups is 4. The van der Waals surface area contributed by atoms with Gasteiger partial charge in [0.15, 0.2) is 11.5 Å². The fourth-order valence-corrected chi connectivity index (χ4v) is 10.8. The van der Waals surface area contributed by atoms with Gasteiger partial charge in [-0.25, -0.2) is 19.6 Å². The molecule has 4 fully saturated rings. The molecule has 5 heterocycles. The molecule has 2 saturated heterocycles. The summed E-state index contributed by atoms with van der Waals surface area (Å²) >= 11 is 0. The maximum Gasteiger partial charge on any atom is 0.407 e. The Hall–Kier alpha value is -6.91. The van der Waals surface area contributed by atoms with Crippen LogP contribution in [0.5, 0.6) is 11.5 Å². The van der Waals surface area contributed by atoms with Crippen LogP contribution in [0.15, 0.2) is 65.6 Å². The molecule has 1 spiro atoms. The van der Waals surface area contributed by atoms with Gasteiger partial charge in [0.1, 0.15) is 23.7 Å². The van der Waals surface area contributed by atoms with Crippen LogP contribution in [0.2, 0.25) is 0 Å². The van der Waals surface area contributed by atoms with E-state index in [2.05, 4.69) is 20.6 Å². The van der Waals surface area contributed by atoms with E-state index in [1.807, 2.05) is 82.3 Å². The van der Waals surface area contributed by atoms with Crippen molar-refractivity contribution < 1.29 is 38.1 Å². The zero-order valence-electron chi connectivity index (χ0n) is 39.2. The number of piperidine rings is 1. The largest absolute Gasteiger partial charge is 0.453 e. The summed E-state index contributed by atoms with van der Waals surface area (Å²) in [5.74, 6) is 1.26. The van der Waals surface area contributed by atoms with Gasteiger partial charge in [-0.1, -0.05) is 58.0 Å². The third kappa shape index (κ3) is 8.08. The minimum absolute atomic E-state index is 0.0334. The highest BCUT2D eigenvalue weighted by Gasteiger charge is 2.56. The Morgan fingerprint density at radius 2 is 1.37 bits per heavy atom. The number of carbonyl (C=O) groups excluding carboxylic acids is 4.